The highest BCUT2D eigenvalue weighted by molar-refractivity contribution is 7.16. The Balaban J connectivity index is 2.02. The van der Waals surface area contributed by atoms with E-state index in [2.05, 4.69) is 5.32 Å². The summed E-state index contributed by atoms with van der Waals surface area (Å²) in [4.78, 5) is 12.1. The van der Waals surface area contributed by atoms with E-state index >= 15 is 0 Å². The molecule has 0 radical (unpaired) electrons. The predicted octanol–water partition coefficient (Wildman–Crippen LogP) is 3.63. The molecule has 1 aliphatic rings. The van der Waals surface area contributed by atoms with E-state index in [9.17, 15) is 9.90 Å². The molecule has 0 saturated carbocycles. The van der Waals surface area contributed by atoms with Gasteiger partial charge in [0.1, 0.15) is 6.10 Å². The molecule has 1 aromatic carbocycles. The van der Waals surface area contributed by atoms with Crippen molar-refractivity contribution in [2.24, 2.45) is 0 Å². The van der Waals surface area contributed by atoms with Crippen molar-refractivity contribution < 1.29 is 9.90 Å². The lowest BCUT2D eigenvalue weighted by Crippen LogP contribution is -2.03. The summed E-state index contributed by atoms with van der Waals surface area (Å²) in [5.41, 5.74) is 2.16. The predicted molar refractivity (Wildman–Crippen MR) is 77.2 cm³/mol. The van der Waals surface area contributed by atoms with E-state index in [1.54, 1.807) is 24.3 Å². The van der Waals surface area contributed by atoms with Gasteiger partial charge in [-0.3, -0.25) is 4.79 Å². The summed E-state index contributed by atoms with van der Waals surface area (Å²) in [6.07, 6.45) is -0.511. The monoisotopic (exact) mass is 313 g/mol. The van der Waals surface area contributed by atoms with Gasteiger partial charge >= 0.3 is 0 Å². The number of fused-ring (bicyclic) bond motifs is 1. The highest BCUT2D eigenvalue weighted by Gasteiger charge is 2.23. The number of rotatable bonds is 2. The maximum absolute atomic E-state index is 11.3. The molecule has 3 nitrogen and oxygen atoms in total. The highest BCUT2D eigenvalue weighted by atomic mass is 35.5. The number of amides is 1. The molecule has 98 valence electrons. The number of benzene rings is 1. The molecule has 0 bridgehead atoms. The fourth-order valence-electron chi connectivity index (χ4n) is 2.11. The van der Waals surface area contributed by atoms with Crippen molar-refractivity contribution in [2.45, 2.75) is 12.5 Å². The number of halogens is 2. The van der Waals surface area contributed by atoms with Gasteiger partial charge in [-0.05, 0) is 29.8 Å². The Kier molecular flexibility index (Phi) is 3.27. The van der Waals surface area contributed by atoms with E-state index in [0.29, 0.717) is 21.3 Å². The first-order valence-corrected chi connectivity index (χ1v) is 7.17. The molecule has 2 heterocycles. The quantitative estimate of drug-likeness (QED) is 0.889. The molecule has 1 atom stereocenters. The molecule has 3 rings (SSSR count). The largest absolute Gasteiger partial charge is 0.383 e. The third-order valence-electron chi connectivity index (χ3n) is 3.01. The molecule has 2 aromatic rings. The van der Waals surface area contributed by atoms with Gasteiger partial charge in [0.25, 0.3) is 0 Å². The Labute approximate surface area is 123 Å². The number of aliphatic hydroxyl groups excluding tert-OH is 1. The van der Waals surface area contributed by atoms with E-state index in [4.69, 9.17) is 23.2 Å². The van der Waals surface area contributed by atoms with E-state index < -0.39 is 6.10 Å². The minimum absolute atomic E-state index is 0.0584. The zero-order valence-corrected chi connectivity index (χ0v) is 11.9. The number of carbonyl (C=O) groups excluding carboxylic acids is 1. The third-order valence-corrected chi connectivity index (χ3v) is 4.62. The van der Waals surface area contributed by atoms with Gasteiger partial charge < -0.3 is 10.4 Å². The average molecular weight is 314 g/mol. The standard InChI is InChI=1S/C13H9Cl2NO2S/c14-8-5-9-6(4-12(17)16-9)3-7(8)13(18)10-1-2-11(15)19-10/h1-3,5,13,18H,4H2,(H,16,17). The zero-order chi connectivity index (χ0) is 13.6. The van der Waals surface area contributed by atoms with Gasteiger partial charge in [0, 0.05) is 21.2 Å². The molecular weight excluding hydrogens is 305 g/mol. The fraction of sp³-hybridized carbons (Fsp3) is 0.154. The third kappa shape index (κ3) is 2.37. The second kappa shape index (κ2) is 4.80. The van der Waals surface area contributed by atoms with Gasteiger partial charge in [-0.2, -0.15) is 0 Å². The van der Waals surface area contributed by atoms with E-state index in [0.717, 1.165) is 16.1 Å². The van der Waals surface area contributed by atoms with Crippen LogP contribution >= 0.6 is 34.5 Å². The van der Waals surface area contributed by atoms with Crippen LogP contribution in [0.25, 0.3) is 0 Å². The molecule has 0 fully saturated rings. The first-order chi connectivity index (χ1) is 9.04. The molecule has 0 saturated heterocycles. The lowest BCUT2D eigenvalue weighted by atomic mass is 10.0. The topological polar surface area (TPSA) is 49.3 Å². The van der Waals surface area contributed by atoms with Crippen molar-refractivity contribution in [3.05, 3.63) is 49.6 Å². The lowest BCUT2D eigenvalue weighted by molar-refractivity contribution is -0.115. The van der Waals surface area contributed by atoms with E-state index in [1.165, 1.54) is 11.3 Å². The van der Waals surface area contributed by atoms with Crippen LogP contribution in [0.2, 0.25) is 9.36 Å². The van der Waals surface area contributed by atoms with Crippen LogP contribution in [0.4, 0.5) is 5.69 Å². The molecule has 2 N–H and O–H groups in total. The molecule has 1 aliphatic heterocycles. The number of carbonyl (C=O) groups is 1. The smallest absolute Gasteiger partial charge is 0.228 e. The molecular formula is C13H9Cl2NO2S. The fourth-order valence-corrected chi connectivity index (χ4v) is 3.44. The van der Waals surface area contributed by atoms with E-state index in [-0.39, 0.29) is 5.91 Å². The number of hydrogen-bond acceptors (Lipinski definition) is 3. The maximum Gasteiger partial charge on any atom is 0.228 e. The second-order valence-electron chi connectivity index (χ2n) is 4.30. The summed E-state index contributed by atoms with van der Waals surface area (Å²) in [5.74, 6) is -0.0584. The van der Waals surface area contributed by atoms with Gasteiger partial charge in [0.15, 0.2) is 0 Å². The lowest BCUT2D eigenvalue weighted by Gasteiger charge is -2.12. The van der Waals surface area contributed by atoms with E-state index in [1.807, 2.05) is 0 Å². The summed E-state index contributed by atoms with van der Waals surface area (Å²) < 4.78 is 0.614. The Hall–Kier alpha value is -1.07. The molecule has 1 unspecified atom stereocenters. The number of anilines is 1. The zero-order valence-electron chi connectivity index (χ0n) is 9.61. The number of hydrogen-bond donors (Lipinski definition) is 2. The van der Waals surface area contributed by atoms with Crippen LogP contribution in [-0.2, 0) is 11.2 Å². The molecule has 0 spiro atoms. The Morgan fingerprint density at radius 3 is 2.79 bits per heavy atom. The second-order valence-corrected chi connectivity index (χ2v) is 6.45. The first kappa shape index (κ1) is 12.9. The van der Waals surface area contributed by atoms with Crippen LogP contribution in [0, 0.1) is 0 Å². The normalized spacial score (nSPS) is 15.2. The van der Waals surface area contributed by atoms with Crippen LogP contribution < -0.4 is 5.32 Å². The molecule has 6 heteroatoms. The van der Waals surface area contributed by atoms with Gasteiger partial charge in [0.2, 0.25) is 5.91 Å². The summed E-state index contributed by atoms with van der Waals surface area (Å²) in [6.45, 7) is 0. The minimum Gasteiger partial charge on any atom is -0.383 e. The minimum atomic E-state index is -0.828. The summed E-state index contributed by atoms with van der Waals surface area (Å²) >= 11 is 13.3. The van der Waals surface area contributed by atoms with Crippen LogP contribution in [-0.4, -0.2) is 11.0 Å². The highest BCUT2D eigenvalue weighted by Crippen LogP contribution is 2.37. The molecule has 1 aromatic heterocycles. The van der Waals surface area contributed by atoms with Crippen molar-refractivity contribution in [3.63, 3.8) is 0 Å². The van der Waals surface area contributed by atoms with Crippen LogP contribution in [0.5, 0.6) is 0 Å². The Bertz CT molecular complexity index is 669. The molecule has 19 heavy (non-hydrogen) atoms. The van der Waals surface area contributed by atoms with Crippen LogP contribution in [0.1, 0.15) is 22.1 Å². The van der Waals surface area contributed by atoms with Gasteiger partial charge in [-0.1, -0.05) is 23.2 Å². The van der Waals surface area contributed by atoms with Crippen LogP contribution in [0.15, 0.2) is 24.3 Å². The maximum atomic E-state index is 11.3. The summed E-state index contributed by atoms with van der Waals surface area (Å²) in [7, 11) is 0. The summed E-state index contributed by atoms with van der Waals surface area (Å²) in [5, 5.41) is 13.5. The molecule has 1 amide bonds. The van der Waals surface area contributed by atoms with Crippen molar-refractivity contribution >= 4 is 46.1 Å². The van der Waals surface area contributed by atoms with Gasteiger partial charge in [-0.15, -0.1) is 11.3 Å². The first-order valence-electron chi connectivity index (χ1n) is 5.60. The number of nitrogens with one attached hydrogen (secondary N) is 1. The number of thiophene rings is 1. The number of aliphatic hydroxyl groups is 1. The SMILES string of the molecule is O=C1Cc2cc(C(O)c3ccc(Cl)s3)c(Cl)cc2N1. The van der Waals surface area contributed by atoms with Crippen molar-refractivity contribution in [1.29, 1.82) is 0 Å². The summed E-state index contributed by atoms with van der Waals surface area (Å²) in [6, 6.07) is 6.95. The molecule has 0 aliphatic carbocycles. The Morgan fingerprint density at radius 1 is 1.32 bits per heavy atom. The van der Waals surface area contributed by atoms with Crippen molar-refractivity contribution in [3.8, 4) is 0 Å². The Morgan fingerprint density at radius 2 is 2.11 bits per heavy atom. The van der Waals surface area contributed by atoms with Gasteiger partial charge in [-0.25, -0.2) is 0 Å². The van der Waals surface area contributed by atoms with Crippen molar-refractivity contribution in [1.82, 2.24) is 0 Å². The van der Waals surface area contributed by atoms with Crippen molar-refractivity contribution in [2.75, 3.05) is 5.32 Å². The van der Waals surface area contributed by atoms with Gasteiger partial charge in [0.05, 0.1) is 10.8 Å². The average Bonchev–Trinajstić information content (AvgIpc) is 2.92. The van der Waals surface area contributed by atoms with Crippen LogP contribution in [0.3, 0.4) is 0 Å².